The minimum atomic E-state index is -3.66. The van der Waals surface area contributed by atoms with Gasteiger partial charge in [-0.3, -0.25) is 4.79 Å². The number of amides is 1. The minimum Gasteiger partial charge on any atom is -0.497 e. The van der Waals surface area contributed by atoms with Crippen molar-refractivity contribution in [2.45, 2.75) is 11.8 Å². The summed E-state index contributed by atoms with van der Waals surface area (Å²) in [5.41, 5.74) is 0. The highest BCUT2D eigenvalue weighted by Gasteiger charge is 2.31. The zero-order valence-corrected chi connectivity index (χ0v) is 13.7. The molecule has 0 aliphatic carbocycles. The highest BCUT2D eigenvalue weighted by atomic mass is 32.2. The van der Waals surface area contributed by atoms with Crippen molar-refractivity contribution in [1.82, 2.24) is 9.21 Å². The predicted molar refractivity (Wildman–Crippen MR) is 80.6 cm³/mol. The average molecular weight is 328 g/mol. The predicted octanol–water partition coefficient (Wildman–Crippen LogP) is 0.557. The van der Waals surface area contributed by atoms with E-state index in [1.54, 1.807) is 17.0 Å². The second-order valence-corrected chi connectivity index (χ2v) is 6.83. The van der Waals surface area contributed by atoms with Crippen LogP contribution >= 0.6 is 0 Å². The number of benzene rings is 1. The van der Waals surface area contributed by atoms with Crippen molar-refractivity contribution in [3.63, 3.8) is 0 Å². The summed E-state index contributed by atoms with van der Waals surface area (Å²) >= 11 is 0. The van der Waals surface area contributed by atoms with E-state index < -0.39 is 10.0 Å². The normalized spacial score (nSPS) is 16.4. The van der Waals surface area contributed by atoms with Gasteiger partial charge in [-0.25, -0.2) is 8.42 Å². The van der Waals surface area contributed by atoms with Crippen LogP contribution in [-0.4, -0.2) is 63.9 Å². The molecule has 0 radical (unpaired) electrons. The van der Waals surface area contributed by atoms with Gasteiger partial charge < -0.3 is 14.4 Å². The first-order chi connectivity index (χ1) is 10.4. The van der Waals surface area contributed by atoms with Gasteiger partial charge in [-0.05, 0) is 12.1 Å². The summed E-state index contributed by atoms with van der Waals surface area (Å²) in [5.74, 6) is 0.727. The largest absolute Gasteiger partial charge is 0.497 e. The van der Waals surface area contributed by atoms with E-state index in [9.17, 15) is 13.2 Å². The fraction of sp³-hybridized carbons (Fsp3) is 0.500. The van der Waals surface area contributed by atoms with Crippen LogP contribution in [0.4, 0.5) is 0 Å². The number of ether oxygens (including phenoxy) is 2. The number of piperazine rings is 1. The first kappa shape index (κ1) is 16.6. The van der Waals surface area contributed by atoms with Gasteiger partial charge in [0.25, 0.3) is 0 Å². The summed E-state index contributed by atoms with van der Waals surface area (Å²) in [6, 6.07) is 4.60. The fourth-order valence-corrected chi connectivity index (χ4v) is 3.93. The van der Waals surface area contributed by atoms with Crippen molar-refractivity contribution in [2.24, 2.45) is 0 Å². The number of carbonyl (C=O) groups is 1. The summed E-state index contributed by atoms with van der Waals surface area (Å²) in [6.07, 6.45) is 0. The van der Waals surface area contributed by atoms with Crippen LogP contribution in [0.15, 0.2) is 23.1 Å². The Labute approximate surface area is 130 Å². The summed E-state index contributed by atoms with van der Waals surface area (Å²) < 4.78 is 37.1. The smallest absolute Gasteiger partial charge is 0.246 e. The number of carbonyl (C=O) groups excluding carboxylic acids is 1. The third-order valence-corrected chi connectivity index (χ3v) is 5.61. The topological polar surface area (TPSA) is 76.2 Å². The molecule has 1 heterocycles. The molecule has 1 aromatic rings. The number of sulfonamides is 1. The molecule has 1 aliphatic heterocycles. The van der Waals surface area contributed by atoms with Crippen molar-refractivity contribution >= 4 is 15.9 Å². The van der Waals surface area contributed by atoms with Gasteiger partial charge in [0.05, 0.1) is 14.2 Å². The van der Waals surface area contributed by atoms with Gasteiger partial charge in [0, 0.05) is 39.2 Å². The van der Waals surface area contributed by atoms with Crippen LogP contribution in [0.5, 0.6) is 11.5 Å². The van der Waals surface area contributed by atoms with E-state index in [-0.39, 0.29) is 29.6 Å². The third-order valence-electron chi connectivity index (χ3n) is 3.67. The van der Waals surface area contributed by atoms with Crippen LogP contribution in [0, 0.1) is 0 Å². The molecule has 2 rings (SSSR count). The van der Waals surface area contributed by atoms with Crippen LogP contribution in [0.1, 0.15) is 6.92 Å². The number of hydrogen-bond acceptors (Lipinski definition) is 5. The molecule has 0 bridgehead atoms. The molecule has 1 amide bonds. The molecule has 0 spiro atoms. The molecule has 122 valence electrons. The van der Waals surface area contributed by atoms with Crippen LogP contribution in [0.3, 0.4) is 0 Å². The molecule has 22 heavy (non-hydrogen) atoms. The van der Waals surface area contributed by atoms with Crippen molar-refractivity contribution in [1.29, 1.82) is 0 Å². The Morgan fingerprint density at radius 3 is 2.23 bits per heavy atom. The number of nitrogens with zero attached hydrogens (tertiary/aromatic N) is 2. The Balaban J connectivity index is 2.26. The standard InChI is InChI=1S/C14H20N2O5S/c1-11(17)15-6-8-16(9-7-15)22(18,19)14-5-4-12(20-2)10-13(14)21-3/h4-5,10H,6-9H2,1-3H3. The summed E-state index contributed by atoms with van der Waals surface area (Å²) in [7, 11) is -0.742. The molecule has 0 unspecified atom stereocenters. The van der Waals surface area contributed by atoms with E-state index in [0.717, 1.165) is 0 Å². The molecule has 7 nitrogen and oxygen atoms in total. The van der Waals surface area contributed by atoms with Crippen molar-refractivity contribution < 1.29 is 22.7 Å². The second kappa shape index (κ2) is 6.53. The SMILES string of the molecule is COc1ccc(S(=O)(=O)N2CCN(C(C)=O)CC2)c(OC)c1. The monoisotopic (exact) mass is 328 g/mol. The van der Waals surface area contributed by atoms with Crippen LogP contribution in [0.2, 0.25) is 0 Å². The van der Waals surface area contributed by atoms with Gasteiger partial charge in [-0.15, -0.1) is 0 Å². The van der Waals surface area contributed by atoms with Crippen LogP contribution < -0.4 is 9.47 Å². The third kappa shape index (κ3) is 3.17. The maximum atomic E-state index is 12.7. The number of methoxy groups -OCH3 is 2. The minimum absolute atomic E-state index is 0.0425. The summed E-state index contributed by atoms with van der Waals surface area (Å²) in [4.78, 5) is 13.1. The molecule has 0 aromatic heterocycles. The molecule has 0 saturated carbocycles. The van der Waals surface area contributed by atoms with E-state index in [1.165, 1.54) is 31.5 Å². The van der Waals surface area contributed by atoms with Crippen molar-refractivity contribution in [3.8, 4) is 11.5 Å². The highest BCUT2D eigenvalue weighted by Crippen LogP contribution is 2.30. The quantitative estimate of drug-likeness (QED) is 0.807. The maximum absolute atomic E-state index is 12.7. The van der Waals surface area contributed by atoms with E-state index >= 15 is 0 Å². The van der Waals surface area contributed by atoms with E-state index in [1.807, 2.05) is 0 Å². The molecule has 1 fully saturated rings. The van der Waals surface area contributed by atoms with E-state index in [0.29, 0.717) is 18.8 Å². The van der Waals surface area contributed by atoms with Crippen molar-refractivity contribution in [2.75, 3.05) is 40.4 Å². The van der Waals surface area contributed by atoms with Crippen LogP contribution in [-0.2, 0) is 14.8 Å². The van der Waals surface area contributed by atoms with Gasteiger partial charge in [-0.2, -0.15) is 4.31 Å². The van der Waals surface area contributed by atoms with E-state index in [2.05, 4.69) is 0 Å². The number of hydrogen-bond donors (Lipinski definition) is 0. The lowest BCUT2D eigenvalue weighted by atomic mass is 10.3. The lowest BCUT2D eigenvalue weighted by Crippen LogP contribution is -2.49. The Kier molecular flexibility index (Phi) is 4.92. The second-order valence-electron chi connectivity index (χ2n) is 4.93. The zero-order valence-electron chi connectivity index (χ0n) is 12.9. The lowest BCUT2D eigenvalue weighted by molar-refractivity contribution is -0.129. The Hall–Kier alpha value is -1.80. The van der Waals surface area contributed by atoms with E-state index in [4.69, 9.17) is 9.47 Å². The summed E-state index contributed by atoms with van der Waals surface area (Å²) in [5, 5.41) is 0. The molecule has 0 N–H and O–H groups in total. The average Bonchev–Trinajstić information content (AvgIpc) is 2.54. The molecular weight excluding hydrogens is 308 g/mol. The maximum Gasteiger partial charge on any atom is 0.246 e. The molecular formula is C14H20N2O5S. The lowest BCUT2D eigenvalue weighted by Gasteiger charge is -2.33. The molecule has 1 aliphatic rings. The fourth-order valence-electron chi connectivity index (χ4n) is 2.37. The Morgan fingerprint density at radius 2 is 1.73 bits per heavy atom. The van der Waals surface area contributed by atoms with Crippen molar-refractivity contribution in [3.05, 3.63) is 18.2 Å². The van der Waals surface area contributed by atoms with Crippen LogP contribution in [0.25, 0.3) is 0 Å². The summed E-state index contributed by atoms with van der Waals surface area (Å²) in [6.45, 7) is 2.82. The molecule has 1 saturated heterocycles. The first-order valence-corrected chi connectivity index (χ1v) is 8.32. The van der Waals surface area contributed by atoms with Gasteiger partial charge in [-0.1, -0.05) is 0 Å². The molecule has 1 aromatic carbocycles. The van der Waals surface area contributed by atoms with Gasteiger partial charge >= 0.3 is 0 Å². The van der Waals surface area contributed by atoms with Gasteiger partial charge in [0.1, 0.15) is 16.4 Å². The Morgan fingerprint density at radius 1 is 1.09 bits per heavy atom. The molecule has 8 heteroatoms. The first-order valence-electron chi connectivity index (χ1n) is 6.88. The van der Waals surface area contributed by atoms with Gasteiger partial charge in [0.15, 0.2) is 0 Å². The Bertz CT molecular complexity index is 651. The zero-order chi connectivity index (χ0) is 16.3. The highest BCUT2D eigenvalue weighted by molar-refractivity contribution is 7.89. The molecule has 0 atom stereocenters. The van der Waals surface area contributed by atoms with Gasteiger partial charge in [0.2, 0.25) is 15.9 Å². The number of rotatable bonds is 4.